The molecule has 5 rings (SSSR count). The molecule has 0 bridgehead atoms. The minimum absolute atomic E-state index is 0.0495. The van der Waals surface area contributed by atoms with Crippen molar-refractivity contribution in [3.8, 4) is 11.1 Å². The lowest BCUT2D eigenvalue weighted by atomic mass is 9.97. The zero-order valence-electron chi connectivity index (χ0n) is 18.1. The summed E-state index contributed by atoms with van der Waals surface area (Å²) in [4.78, 5) is 26.1. The number of benzene rings is 2. The zero-order valence-corrected chi connectivity index (χ0v) is 18.1. The van der Waals surface area contributed by atoms with Crippen LogP contribution < -0.4 is 0 Å². The van der Waals surface area contributed by atoms with Gasteiger partial charge in [-0.1, -0.05) is 67.8 Å². The zero-order chi connectivity index (χ0) is 22.1. The van der Waals surface area contributed by atoms with Crippen LogP contribution in [0.2, 0.25) is 0 Å². The molecular weight excluding hydrogens is 406 g/mol. The predicted molar refractivity (Wildman–Crippen MR) is 120 cm³/mol. The average molecular weight is 436 g/mol. The first-order chi connectivity index (χ1) is 15.6. The summed E-state index contributed by atoms with van der Waals surface area (Å²) >= 11 is 0. The van der Waals surface area contributed by atoms with Gasteiger partial charge in [0.05, 0.1) is 18.8 Å². The third-order valence-electron chi connectivity index (χ3n) is 7.06. The Hall–Kier alpha value is -2.86. The van der Waals surface area contributed by atoms with Gasteiger partial charge in [0, 0.05) is 12.3 Å². The molecule has 0 radical (unpaired) electrons. The fourth-order valence-electron chi connectivity index (χ4n) is 5.48. The summed E-state index contributed by atoms with van der Waals surface area (Å²) in [5.41, 5.74) is 4.59. The summed E-state index contributed by atoms with van der Waals surface area (Å²) in [7, 11) is 0. The predicted octanol–water partition coefficient (Wildman–Crippen LogP) is 4.81. The molecule has 2 atom stereocenters. The van der Waals surface area contributed by atoms with Crippen LogP contribution in [0.4, 0.5) is 4.79 Å². The van der Waals surface area contributed by atoms with Crippen molar-refractivity contribution in [2.75, 3.05) is 13.2 Å². The van der Waals surface area contributed by atoms with Crippen molar-refractivity contribution < 1.29 is 24.2 Å². The van der Waals surface area contributed by atoms with Crippen LogP contribution in [0.15, 0.2) is 48.5 Å². The van der Waals surface area contributed by atoms with Gasteiger partial charge in [-0.25, -0.2) is 9.59 Å². The topological polar surface area (TPSA) is 76.1 Å². The fourth-order valence-corrected chi connectivity index (χ4v) is 5.48. The summed E-state index contributed by atoms with van der Waals surface area (Å²) in [6.45, 7) is 0.452. The van der Waals surface area contributed by atoms with Crippen molar-refractivity contribution >= 4 is 12.1 Å². The van der Waals surface area contributed by atoms with Crippen LogP contribution in [0.25, 0.3) is 11.1 Å². The Labute approximate surface area is 188 Å². The molecule has 1 saturated heterocycles. The molecule has 6 heteroatoms. The molecule has 1 N–H and O–H groups in total. The van der Waals surface area contributed by atoms with Crippen LogP contribution in [-0.4, -0.2) is 53.5 Å². The maximum atomic E-state index is 13.0. The van der Waals surface area contributed by atoms with Gasteiger partial charge in [0.25, 0.3) is 0 Å². The van der Waals surface area contributed by atoms with Gasteiger partial charge in [-0.05, 0) is 35.1 Å². The summed E-state index contributed by atoms with van der Waals surface area (Å²) in [5.74, 6) is -1.06. The summed E-state index contributed by atoms with van der Waals surface area (Å²) in [5, 5.41) is 9.69. The second-order valence-electron chi connectivity index (χ2n) is 9.06. The van der Waals surface area contributed by atoms with Gasteiger partial charge in [0.2, 0.25) is 0 Å². The summed E-state index contributed by atoms with van der Waals surface area (Å²) in [6.07, 6.45) is 5.22. The maximum Gasteiger partial charge on any atom is 0.410 e. The Balaban J connectivity index is 1.26. The van der Waals surface area contributed by atoms with Crippen molar-refractivity contribution in [1.82, 2.24) is 4.90 Å². The Morgan fingerprint density at radius 1 is 0.906 bits per heavy atom. The highest BCUT2D eigenvalue weighted by atomic mass is 16.6. The molecular formula is C26H29NO5. The lowest BCUT2D eigenvalue weighted by Crippen LogP contribution is -2.41. The molecule has 0 aromatic heterocycles. The highest BCUT2D eigenvalue weighted by molar-refractivity contribution is 5.81. The minimum atomic E-state index is -1.01. The Bertz CT molecular complexity index is 954. The van der Waals surface area contributed by atoms with Gasteiger partial charge in [0.15, 0.2) is 0 Å². The van der Waals surface area contributed by atoms with Crippen LogP contribution in [0, 0.1) is 0 Å². The number of fused-ring (bicyclic) bond motifs is 3. The monoisotopic (exact) mass is 435 g/mol. The van der Waals surface area contributed by atoms with E-state index in [0.717, 1.165) is 47.9 Å². The van der Waals surface area contributed by atoms with E-state index in [0.29, 0.717) is 6.42 Å². The first-order valence-electron chi connectivity index (χ1n) is 11.6. The number of rotatable bonds is 5. The second kappa shape index (κ2) is 8.94. The average Bonchev–Trinajstić information content (AvgIpc) is 3.38. The second-order valence-corrected chi connectivity index (χ2v) is 9.06. The number of likely N-dealkylation sites (tertiary alicyclic amines) is 1. The molecule has 0 unspecified atom stereocenters. The molecule has 6 nitrogen and oxygen atoms in total. The lowest BCUT2D eigenvalue weighted by Gasteiger charge is -2.25. The van der Waals surface area contributed by atoms with E-state index in [1.807, 2.05) is 24.3 Å². The van der Waals surface area contributed by atoms with Crippen LogP contribution >= 0.6 is 0 Å². The van der Waals surface area contributed by atoms with E-state index in [4.69, 9.17) is 9.47 Å². The largest absolute Gasteiger partial charge is 0.480 e. The Morgan fingerprint density at radius 2 is 1.53 bits per heavy atom. The standard InChI is InChI=1S/C26H29NO5/c28-25(29)24-14-18(32-17-8-2-1-3-9-17)15-27(24)26(30)31-16-23-21-12-6-4-10-19(21)20-11-5-7-13-22(20)23/h4-7,10-13,17-18,23-24H,1-3,8-9,14-16H2,(H,28,29)/t18-,24-/m0/s1. The number of aliphatic carboxylic acids is 1. The van der Waals surface area contributed by atoms with Crippen LogP contribution in [0.1, 0.15) is 55.6 Å². The van der Waals surface area contributed by atoms with E-state index in [-0.39, 0.29) is 31.3 Å². The number of hydrogen-bond donors (Lipinski definition) is 1. The van der Waals surface area contributed by atoms with Crippen molar-refractivity contribution in [2.24, 2.45) is 0 Å². The molecule has 1 saturated carbocycles. The Morgan fingerprint density at radius 3 is 2.16 bits per heavy atom. The fraction of sp³-hybridized carbons (Fsp3) is 0.462. The van der Waals surface area contributed by atoms with E-state index < -0.39 is 18.1 Å². The quantitative estimate of drug-likeness (QED) is 0.729. The third-order valence-corrected chi connectivity index (χ3v) is 7.06. The van der Waals surface area contributed by atoms with Crippen molar-refractivity contribution in [3.05, 3.63) is 59.7 Å². The number of ether oxygens (including phenoxy) is 2. The summed E-state index contributed by atoms with van der Waals surface area (Å²) < 4.78 is 11.9. The highest BCUT2D eigenvalue weighted by Gasteiger charge is 2.42. The first-order valence-corrected chi connectivity index (χ1v) is 11.6. The van der Waals surface area contributed by atoms with Crippen LogP contribution in [0.3, 0.4) is 0 Å². The molecule has 2 aliphatic carbocycles. The SMILES string of the molecule is O=C(O)[C@@H]1C[C@H](OC2CCCCC2)CN1C(=O)OCC1c2ccccc2-c2ccccc21. The maximum absolute atomic E-state index is 13.0. The first kappa shape index (κ1) is 21.0. The minimum Gasteiger partial charge on any atom is -0.480 e. The van der Waals surface area contributed by atoms with Gasteiger partial charge in [-0.15, -0.1) is 0 Å². The number of carboxylic acid groups (broad SMARTS) is 1. The van der Waals surface area contributed by atoms with E-state index in [1.54, 1.807) is 0 Å². The number of amides is 1. The molecule has 2 fully saturated rings. The molecule has 2 aromatic rings. The number of carbonyl (C=O) groups is 2. The van der Waals surface area contributed by atoms with E-state index in [2.05, 4.69) is 24.3 Å². The number of carbonyl (C=O) groups excluding carboxylic acids is 1. The molecule has 1 amide bonds. The number of nitrogens with zero attached hydrogens (tertiary/aromatic N) is 1. The van der Waals surface area contributed by atoms with Crippen molar-refractivity contribution in [3.63, 3.8) is 0 Å². The normalized spacial score (nSPS) is 23.1. The third kappa shape index (κ3) is 3.99. The molecule has 1 aliphatic heterocycles. The van der Waals surface area contributed by atoms with Gasteiger partial charge >= 0.3 is 12.1 Å². The molecule has 168 valence electrons. The van der Waals surface area contributed by atoms with E-state index in [1.165, 1.54) is 11.3 Å². The smallest absolute Gasteiger partial charge is 0.410 e. The molecule has 2 aromatic carbocycles. The van der Waals surface area contributed by atoms with Gasteiger partial charge in [-0.2, -0.15) is 0 Å². The van der Waals surface area contributed by atoms with E-state index in [9.17, 15) is 14.7 Å². The van der Waals surface area contributed by atoms with Crippen LogP contribution in [-0.2, 0) is 14.3 Å². The summed E-state index contributed by atoms with van der Waals surface area (Å²) in [6, 6.07) is 15.4. The molecule has 0 spiro atoms. The van der Waals surface area contributed by atoms with Gasteiger partial charge < -0.3 is 14.6 Å². The van der Waals surface area contributed by atoms with Gasteiger partial charge in [0.1, 0.15) is 12.6 Å². The molecule has 3 aliphatic rings. The number of hydrogen-bond acceptors (Lipinski definition) is 4. The van der Waals surface area contributed by atoms with Crippen molar-refractivity contribution in [2.45, 2.75) is 62.7 Å². The van der Waals surface area contributed by atoms with E-state index >= 15 is 0 Å². The van der Waals surface area contributed by atoms with Crippen LogP contribution in [0.5, 0.6) is 0 Å². The van der Waals surface area contributed by atoms with Gasteiger partial charge in [-0.3, -0.25) is 4.90 Å². The van der Waals surface area contributed by atoms with Crippen molar-refractivity contribution in [1.29, 1.82) is 0 Å². The Kier molecular flexibility index (Phi) is 5.87. The molecule has 32 heavy (non-hydrogen) atoms. The molecule has 1 heterocycles. The highest BCUT2D eigenvalue weighted by Crippen LogP contribution is 2.44. The lowest BCUT2D eigenvalue weighted by molar-refractivity contribution is -0.141. The number of carboxylic acids is 1.